The van der Waals surface area contributed by atoms with Gasteiger partial charge in [0, 0.05) is 6.04 Å². The van der Waals surface area contributed by atoms with Crippen molar-refractivity contribution in [3.8, 4) is 0 Å². The molecular weight excluding hydrogens is 366 g/mol. The average molecular weight is 395 g/mol. The van der Waals surface area contributed by atoms with Crippen molar-refractivity contribution in [3.05, 3.63) is 71.8 Å². The van der Waals surface area contributed by atoms with Crippen molar-refractivity contribution < 1.29 is 19.4 Å². The van der Waals surface area contributed by atoms with Gasteiger partial charge in [0.1, 0.15) is 0 Å². The highest BCUT2D eigenvalue weighted by Crippen LogP contribution is 2.31. The predicted octanol–water partition coefficient (Wildman–Crippen LogP) is 3.69. The van der Waals surface area contributed by atoms with Crippen molar-refractivity contribution in [1.82, 2.24) is 5.32 Å². The molecule has 0 heterocycles. The molecule has 1 aliphatic carbocycles. The number of amides is 1. The summed E-state index contributed by atoms with van der Waals surface area (Å²) in [6, 6.07) is 17.4. The first-order chi connectivity index (χ1) is 14.1. The van der Waals surface area contributed by atoms with Crippen molar-refractivity contribution in [2.24, 2.45) is 0 Å². The van der Waals surface area contributed by atoms with E-state index in [2.05, 4.69) is 5.32 Å². The Morgan fingerprint density at radius 1 is 0.862 bits per heavy atom. The van der Waals surface area contributed by atoms with E-state index in [1.165, 1.54) is 19.3 Å². The number of ether oxygens (including phenoxy) is 1. The van der Waals surface area contributed by atoms with Crippen LogP contribution in [0.1, 0.15) is 56.1 Å². The third kappa shape index (κ3) is 5.45. The van der Waals surface area contributed by atoms with Gasteiger partial charge in [-0.25, -0.2) is 4.79 Å². The maximum atomic E-state index is 12.9. The Kier molecular flexibility index (Phi) is 7.42. The van der Waals surface area contributed by atoms with Crippen LogP contribution in [0.5, 0.6) is 0 Å². The zero-order valence-electron chi connectivity index (χ0n) is 16.7. The van der Waals surface area contributed by atoms with E-state index in [1.54, 1.807) is 48.5 Å². The van der Waals surface area contributed by atoms with E-state index in [4.69, 9.17) is 4.74 Å². The first-order valence-electron chi connectivity index (χ1n) is 10.4. The van der Waals surface area contributed by atoms with Gasteiger partial charge in [-0.05, 0) is 24.0 Å². The number of aliphatic hydroxyl groups is 1. The van der Waals surface area contributed by atoms with Gasteiger partial charge in [0.15, 0.2) is 6.61 Å². The highest BCUT2D eigenvalue weighted by atomic mass is 16.6. The molecule has 5 heteroatoms. The van der Waals surface area contributed by atoms with Gasteiger partial charge in [0.25, 0.3) is 5.91 Å². The number of esters is 1. The smallest absolute Gasteiger partial charge is 0.348 e. The zero-order valence-corrected chi connectivity index (χ0v) is 16.7. The molecule has 1 aliphatic rings. The molecular formula is C24H29NO4. The SMILES string of the molecule is O=C(COC(=O)C(O)(c1ccccc1)c1ccccc1)NC1CCCCCCC1. The van der Waals surface area contributed by atoms with Crippen molar-refractivity contribution in [2.75, 3.05) is 6.61 Å². The Morgan fingerprint density at radius 3 is 1.86 bits per heavy atom. The fraction of sp³-hybridized carbons (Fsp3) is 0.417. The predicted molar refractivity (Wildman–Crippen MR) is 111 cm³/mol. The van der Waals surface area contributed by atoms with E-state index in [-0.39, 0.29) is 11.9 Å². The summed E-state index contributed by atoms with van der Waals surface area (Å²) in [5.74, 6) is -1.19. The standard InChI is InChI=1S/C24H29NO4/c26-22(25-21-16-10-2-1-3-11-17-21)18-29-23(27)24(28,19-12-6-4-7-13-19)20-14-8-5-9-15-20/h4-9,12-15,21,28H,1-3,10-11,16-18H2,(H,25,26). The van der Waals surface area contributed by atoms with E-state index in [9.17, 15) is 14.7 Å². The first kappa shape index (κ1) is 21.1. The number of benzene rings is 2. The summed E-state index contributed by atoms with van der Waals surface area (Å²) in [7, 11) is 0. The van der Waals surface area contributed by atoms with Crippen LogP contribution in [0.3, 0.4) is 0 Å². The van der Waals surface area contributed by atoms with Crippen molar-refractivity contribution in [1.29, 1.82) is 0 Å². The molecule has 2 N–H and O–H groups in total. The molecule has 1 saturated carbocycles. The fourth-order valence-corrected chi connectivity index (χ4v) is 3.87. The van der Waals surface area contributed by atoms with Crippen LogP contribution in [0.4, 0.5) is 0 Å². The Balaban J connectivity index is 1.67. The molecule has 0 atom stereocenters. The fourth-order valence-electron chi connectivity index (χ4n) is 3.87. The Morgan fingerprint density at radius 2 is 1.34 bits per heavy atom. The average Bonchev–Trinajstić information content (AvgIpc) is 2.74. The Hall–Kier alpha value is -2.66. The van der Waals surface area contributed by atoms with Crippen LogP contribution >= 0.6 is 0 Å². The summed E-state index contributed by atoms with van der Waals surface area (Å²) in [6.45, 7) is -0.405. The van der Waals surface area contributed by atoms with Gasteiger partial charge in [-0.3, -0.25) is 4.79 Å². The van der Waals surface area contributed by atoms with Gasteiger partial charge in [-0.2, -0.15) is 0 Å². The third-order valence-corrected chi connectivity index (χ3v) is 5.48. The Bertz CT molecular complexity index is 744. The Labute approximate surface area is 172 Å². The molecule has 154 valence electrons. The first-order valence-corrected chi connectivity index (χ1v) is 10.4. The number of hydrogen-bond donors (Lipinski definition) is 2. The lowest BCUT2D eigenvalue weighted by Gasteiger charge is -2.27. The molecule has 0 bridgehead atoms. The number of carbonyl (C=O) groups excluding carboxylic acids is 2. The lowest BCUT2D eigenvalue weighted by Crippen LogP contribution is -2.42. The molecule has 29 heavy (non-hydrogen) atoms. The summed E-state index contributed by atoms with van der Waals surface area (Å²) in [5, 5.41) is 14.3. The summed E-state index contributed by atoms with van der Waals surface area (Å²) in [5.41, 5.74) is -1.17. The summed E-state index contributed by atoms with van der Waals surface area (Å²) < 4.78 is 5.27. The van der Waals surface area contributed by atoms with Crippen LogP contribution in [0.15, 0.2) is 60.7 Å². The van der Waals surface area contributed by atoms with Gasteiger partial charge in [0.05, 0.1) is 0 Å². The van der Waals surface area contributed by atoms with Crippen molar-refractivity contribution in [2.45, 2.75) is 56.6 Å². The van der Waals surface area contributed by atoms with E-state index in [1.807, 2.05) is 12.1 Å². The minimum absolute atomic E-state index is 0.128. The lowest BCUT2D eigenvalue weighted by atomic mass is 9.86. The third-order valence-electron chi connectivity index (χ3n) is 5.48. The lowest BCUT2D eigenvalue weighted by molar-refractivity contribution is -0.164. The largest absolute Gasteiger partial charge is 0.453 e. The minimum Gasteiger partial charge on any atom is -0.453 e. The maximum Gasteiger partial charge on any atom is 0.348 e. The van der Waals surface area contributed by atoms with E-state index >= 15 is 0 Å². The van der Waals surface area contributed by atoms with E-state index in [0.717, 1.165) is 25.7 Å². The second-order valence-electron chi connectivity index (χ2n) is 7.63. The summed E-state index contributed by atoms with van der Waals surface area (Å²) in [6.07, 6.45) is 7.77. The van der Waals surface area contributed by atoms with Crippen molar-refractivity contribution >= 4 is 11.9 Å². The van der Waals surface area contributed by atoms with Crippen LogP contribution in [0, 0.1) is 0 Å². The normalized spacial score (nSPS) is 15.8. The molecule has 0 unspecified atom stereocenters. The molecule has 0 aliphatic heterocycles. The molecule has 0 aromatic heterocycles. The molecule has 2 aromatic carbocycles. The van der Waals surface area contributed by atoms with E-state index < -0.39 is 18.2 Å². The molecule has 3 rings (SSSR count). The minimum atomic E-state index is -1.97. The summed E-state index contributed by atoms with van der Waals surface area (Å²) >= 11 is 0. The number of carbonyl (C=O) groups is 2. The molecule has 5 nitrogen and oxygen atoms in total. The van der Waals surface area contributed by atoms with Crippen LogP contribution in [-0.4, -0.2) is 29.6 Å². The zero-order chi connectivity index (χ0) is 20.5. The van der Waals surface area contributed by atoms with Gasteiger partial charge in [-0.15, -0.1) is 0 Å². The van der Waals surface area contributed by atoms with E-state index in [0.29, 0.717) is 11.1 Å². The van der Waals surface area contributed by atoms with Crippen LogP contribution < -0.4 is 5.32 Å². The quantitative estimate of drug-likeness (QED) is 0.732. The highest BCUT2D eigenvalue weighted by molar-refractivity contribution is 5.88. The number of rotatable bonds is 6. The van der Waals surface area contributed by atoms with Gasteiger partial charge >= 0.3 is 5.97 Å². The van der Waals surface area contributed by atoms with Crippen LogP contribution in [0.25, 0.3) is 0 Å². The molecule has 2 aromatic rings. The molecule has 0 radical (unpaired) electrons. The van der Waals surface area contributed by atoms with Crippen molar-refractivity contribution in [3.63, 3.8) is 0 Å². The summed E-state index contributed by atoms with van der Waals surface area (Å²) in [4.78, 5) is 25.3. The topological polar surface area (TPSA) is 75.6 Å². The second-order valence-corrected chi connectivity index (χ2v) is 7.63. The van der Waals surface area contributed by atoms with Gasteiger partial charge < -0.3 is 15.2 Å². The number of hydrogen-bond acceptors (Lipinski definition) is 4. The van der Waals surface area contributed by atoms with Crippen LogP contribution in [0.2, 0.25) is 0 Å². The number of nitrogens with one attached hydrogen (secondary N) is 1. The molecule has 1 amide bonds. The van der Waals surface area contributed by atoms with Gasteiger partial charge in [-0.1, -0.05) is 92.8 Å². The highest BCUT2D eigenvalue weighted by Gasteiger charge is 2.41. The molecule has 0 spiro atoms. The monoisotopic (exact) mass is 395 g/mol. The van der Waals surface area contributed by atoms with Gasteiger partial charge in [0.2, 0.25) is 5.60 Å². The second kappa shape index (κ2) is 10.2. The molecule has 0 saturated heterocycles. The molecule has 1 fully saturated rings. The maximum absolute atomic E-state index is 12.9. The van der Waals surface area contributed by atoms with Crippen LogP contribution in [-0.2, 0) is 19.9 Å².